The van der Waals surface area contributed by atoms with Crippen molar-refractivity contribution in [2.45, 2.75) is 0 Å². The summed E-state index contributed by atoms with van der Waals surface area (Å²) in [6.07, 6.45) is -0.722. The predicted octanol–water partition coefficient (Wildman–Crippen LogP) is -3.08. The fourth-order valence-corrected chi connectivity index (χ4v) is 0.883. The number of carbonyl (C=O) groups is 1. The molecule has 0 atom stereocenters. The van der Waals surface area contributed by atoms with E-state index in [9.17, 15) is 9.69 Å². The first-order valence-electron chi connectivity index (χ1n) is 2.22. The Morgan fingerprint density at radius 2 is 1.91 bits per heavy atom. The molecule has 11 heavy (non-hydrogen) atoms. The molecule has 0 spiro atoms. The second-order valence-electron chi connectivity index (χ2n) is 1.42. The minimum atomic E-state index is -3.56. The van der Waals surface area contributed by atoms with Gasteiger partial charge in [0.15, 0.2) is 0 Å². The zero-order valence-electron chi connectivity index (χ0n) is 6.15. The predicted molar refractivity (Wildman–Crippen MR) is 33.4 cm³/mol. The molecule has 0 bridgehead atoms. The number of rotatable bonds is 4. The molecule has 0 amide bonds. The summed E-state index contributed by atoms with van der Waals surface area (Å²) in [6.45, 7) is 0. The molecule has 0 unspecified atom stereocenters. The van der Waals surface area contributed by atoms with Crippen molar-refractivity contribution in [3.63, 3.8) is 0 Å². The lowest BCUT2D eigenvalue weighted by atomic mass is 10.8. The average molecular weight is 190 g/mol. The maximum Gasteiger partial charge on any atom is 0.385 e. The molecular weight excluding hydrogens is 177 g/mol. The van der Waals surface area contributed by atoms with Gasteiger partial charge in [-0.05, 0) is 9.25 Å². The SMILES string of the molecule is [NH3+]O[P+]([O-])(CC(=O)O)O[NH3+].[NH4+]. The zero-order valence-corrected chi connectivity index (χ0v) is 7.04. The molecule has 0 aliphatic heterocycles. The van der Waals surface area contributed by atoms with Crippen LogP contribution in [0.15, 0.2) is 0 Å². The summed E-state index contributed by atoms with van der Waals surface area (Å²) in [5, 5.41) is 8.12. The average Bonchev–Trinajstić information content (AvgIpc) is 1.87. The molecule has 0 aliphatic carbocycles. The van der Waals surface area contributed by atoms with E-state index >= 15 is 0 Å². The third kappa shape index (κ3) is 4.99. The highest BCUT2D eigenvalue weighted by Crippen LogP contribution is 2.46. The topological polar surface area (TPSA) is 171 Å². The molecule has 0 fully saturated rings. The van der Waals surface area contributed by atoms with Crippen LogP contribution in [0.5, 0.6) is 0 Å². The molecule has 0 heterocycles. The van der Waals surface area contributed by atoms with Crippen molar-refractivity contribution in [1.29, 1.82) is 0 Å². The molecule has 0 saturated heterocycles. The van der Waals surface area contributed by atoms with Crippen LogP contribution in [-0.2, 0) is 14.0 Å². The Morgan fingerprint density at radius 3 is 2.00 bits per heavy atom. The lowest BCUT2D eigenvalue weighted by molar-refractivity contribution is -0.695. The second-order valence-corrected chi connectivity index (χ2v) is 3.48. The van der Waals surface area contributed by atoms with Crippen molar-refractivity contribution in [2.24, 2.45) is 0 Å². The van der Waals surface area contributed by atoms with Crippen molar-refractivity contribution in [2.75, 3.05) is 6.16 Å². The van der Waals surface area contributed by atoms with Gasteiger partial charge in [-0.25, -0.2) is 4.79 Å². The third-order valence-electron chi connectivity index (χ3n) is 0.722. The van der Waals surface area contributed by atoms with Gasteiger partial charge in [0.05, 0.1) is 0 Å². The Kier molecular flexibility index (Phi) is 6.43. The van der Waals surface area contributed by atoms with E-state index in [0.717, 1.165) is 0 Å². The lowest BCUT2D eigenvalue weighted by Crippen LogP contribution is -2.58. The zero-order chi connectivity index (χ0) is 8.20. The van der Waals surface area contributed by atoms with E-state index in [2.05, 4.69) is 21.0 Å². The molecule has 9 heteroatoms. The van der Waals surface area contributed by atoms with Crippen LogP contribution in [0.1, 0.15) is 0 Å². The molecule has 11 N–H and O–H groups in total. The highest BCUT2D eigenvalue weighted by atomic mass is 31.2. The van der Waals surface area contributed by atoms with E-state index in [1.54, 1.807) is 0 Å². The van der Waals surface area contributed by atoms with Crippen molar-refractivity contribution in [1.82, 2.24) is 6.15 Å². The van der Waals surface area contributed by atoms with Gasteiger partial charge in [-0.15, -0.1) is 0 Å². The van der Waals surface area contributed by atoms with Crippen LogP contribution in [0.2, 0.25) is 0 Å². The van der Waals surface area contributed by atoms with Gasteiger partial charge in [-0.1, -0.05) is 0 Å². The minimum Gasteiger partial charge on any atom is -0.621 e. The summed E-state index contributed by atoms with van der Waals surface area (Å²) < 4.78 is 8.08. The molecule has 68 valence electrons. The van der Waals surface area contributed by atoms with Crippen molar-refractivity contribution in [3.8, 4) is 0 Å². The van der Waals surface area contributed by atoms with Gasteiger partial charge < -0.3 is 16.2 Å². The Morgan fingerprint density at radius 1 is 1.55 bits per heavy atom. The fourth-order valence-electron chi connectivity index (χ4n) is 0.294. The Bertz CT molecular complexity index is 127. The Labute approximate surface area is 63.1 Å². The van der Waals surface area contributed by atoms with E-state index in [1.807, 2.05) is 0 Å². The van der Waals surface area contributed by atoms with Crippen molar-refractivity contribution in [3.05, 3.63) is 0 Å². The van der Waals surface area contributed by atoms with E-state index in [1.165, 1.54) is 0 Å². The summed E-state index contributed by atoms with van der Waals surface area (Å²) in [5.74, 6) is 4.30. The van der Waals surface area contributed by atoms with Gasteiger partial charge in [0, 0.05) is 0 Å². The van der Waals surface area contributed by atoms with E-state index in [4.69, 9.17) is 5.11 Å². The molecule has 0 aromatic rings. The molecule has 8 nitrogen and oxygen atoms in total. The summed E-state index contributed by atoms with van der Waals surface area (Å²) >= 11 is 0. The van der Waals surface area contributed by atoms with Crippen LogP contribution in [-0.4, -0.2) is 17.2 Å². The molecule has 0 aromatic heterocycles. The van der Waals surface area contributed by atoms with Gasteiger partial charge in [0.2, 0.25) is 6.16 Å². The van der Waals surface area contributed by atoms with Crippen LogP contribution in [0.3, 0.4) is 0 Å². The fraction of sp³-hybridized carbons (Fsp3) is 0.500. The number of quaternary nitrogens is 3. The first kappa shape index (κ1) is 13.3. The van der Waals surface area contributed by atoms with Gasteiger partial charge in [0.25, 0.3) is 0 Å². The van der Waals surface area contributed by atoms with Crippen LogP contribution < -0.4 is 22.8 Å². The van der Waals surface area contributed by atoms with Crippen molar-refractivity contribution >= 4 is 13.9 Å². The first-order valence-corrected chi connectivity index (χ1v) is 3.95. The van der Waals surface area contributed by atoms with Gasteiger partial charge in [-0.2, -0.15) is 11.8 Å². The molecule has 0 aliphatic rings. The number of aliphatic carboxylic acids is 1. The quantitative estimate of drug-likeness (QED) is 0.271. The van der Waals surface area contributed by atoms with Gasteiger partial charge in [0.1, 0.15) is 0 Å². The summed E-state index contributed by atoms with van der Waals surface area (Å²) in [6, 6.07) is 0. The molecule has 0 rings (SSSR count). The third-order valence-corrected chi connectivity index (χ3v) is 2.17. The van der Waals surface area contributed by atoms with Crippen LogP contribution in [0, 0.1) is 0 Å². The number of hydrogen-bond acceptors (Lipinski definition) is 4. The van der Waals surface area contributed by atoms with Crippen LogP contribution >= 0.6 is 7.94 Å². The highest BCUT2D eigenvalue weighted by Gasteiger charge is 2.38. The standard InChI is InChI=1S/C2H8N2O5P.H3N/c3-8-10(7,9-4)1-2(5)6;/h1H2,3-4H3;1H3/q+1;/p+2. The molecule has 0 radical (unpaired) electrons. The van der Waals surface area contributed by atoms with Gasteiger partial charge >= 0.3 is 13.9 Å². The van der Waals surface area contributed by atoms with Crippen LogP contribution in [0.4, 0.5) is 0 Å². The smallest absolute Gasteiger partial charge is 0.385 e. The largest absolute Gasteiger partial charge is 0.621 e. The molecular formula is C2H13N3O5P+3. The molecule has 0 saturated carbocycles. The van der Waals surface area contributed by atoms with Gasteiger partial charge in [-0.3, -0.25) is 0 Å². The maximum atomic E-state index is 10.8. The van der Waals surface area contributed by atoms with Crippen LogP contribution in [0.25, 0.3) is 0 Å². The molecule has 0 aromatic carbocycles. The Hall–Kier alpha value is -0.340. The van der Waals surface area contributed by atoms with Crippen molar-refractivity contribution < 1.29 is 35.8 Å². The number of carboxylic acid groups (broad SMARTS) is 1. The summed E-state index contributed by atoms with van der Waals surface area (Å²) in [7, 11) is -3.56. The first-order chi connectivity index (χ1) is 4.54. The second kappa shape index (κ2) is 5.33. The lowest BCUT2D eigenvalue weighted by Gasteiger charge is -2.12. The highest BCUT2D eigenvalue weighted by molar-refractivity contribution is 7.59. The normalized spacial score (nSPS) is 10.5. The summed E-state index contributed by atoms with van der Waals surface area (Å²) in [5.41, 5.74) is 0. The minimum absolute atomic E-state index is 0. The number of hydrogen-bond donors (Lipinski definition) is 4. The monoisotopic (exact) mass is 190 g/mol. The summed E-state index contributed by atoms with van der Waals surface area (Å²) in [4.78, 5) is 20.8. The van der Waals surface area contributed by atoms with E-state index < -0.39 is 20.1 Å². The maximum absolute atomic E-state index is 10.8. The number of carboxylic acids is 1. The van der Waals surface area contributed by atoms with E-state index in [0.29, 0.717) is 0 Å². The Balaban J connectivity index is 0. The van der Waals surface area contributed by atoms with E-state index in [-0.39, 0.29) is 6.15 Å².